The van der Waals surface area contributed by atoms with Crippen molar-refractivity contribution < 1.29 is 83.0 Å². The number of hydrogen-bond donors (Lipinski definition) is 8. The van der Waals surface area contributed by atoms with E-state index in [1.807, 2.05) is 13.8 Å². The minimum Gasteiger partial charge on any atom is -0.458 e. The number of cyclic esters (lactones) is 1. The summed E-state index contributed by atoms with van der Waals surface area (Å²) in [6, 6.07) is 7.96. The fourth-order valence-corrected chi connectivity index (χ4v) is 14.8. The van der Waals surface area contributed by atoms with Crippen LogP contribution in [0.25, 0.3) is 0 Å². The number of benzene rings is 1. The van der Waals surface area contributed by atoms with E-state index in [1.54, 1.807) is 57.2 Å². The molecule has 1 aromatic carbocycles. The zero-order valence-corrected chi connectivity index (χ0v) is 42.2. The third-order valence-electron chi connectivity index (χ3n) is 19.0. The summed E-state index contributed by atoms with van der Waals surface area (Å²) in [5.41, 5.74) is -1.61. The van der Waals surface area contributed by atoms with Crippen LogP contribution in [0, 0.1) is 34.5 Å². The Kier molecular flexibility index (Phi) is 15.3. The first-order valence-corrected chi connectivity index (χ1v) is 26.3. The number of ether oxygens (including phenoxy) is 7. The molecule has 0 spiro atoms. The van der Waals surface area contributed by atoms with E-state index in [-0.39, 0.29) is 61.1 Å². The van der Waals surface area contributed by atoms with Gasteiger partial charge in [-0.25, -0.2) is 9.59 Å². The van der Waals surface area contributed by atoms with E-state index in [1.165, 1.54) is 0 Å². The summed E-state index contributed by atoms with van der Waals surface area (Å²) in [6.07, 6.45) is -1.22. The highest BCUT2D eigenvalue weighted by atomic mass is 16.7. The molecule has 0 bridgehead atoms. The average molecular weight is 1010 g/mol. The molecule has 5 heterocycles. The van der Waals surface area contributed by atoms with Crippen LogP contribution in [0.2, 0.25) is 0 Å². The van der Waals surface area contributed by atoms with Gasteiger partial charge in [-0.1, -0.05) is 51.1 Å². The molecule has 8 N–H and O–H groups in total. The highest BCUT2D eigenvalue weighted by Crippen LogP contribution is 2.70. The predicted molar refractivity (Wildman–Crippen MR) is 253 cm³/mol. The van der Waals surface area contributed by atoms with Crippen LogP contribution in [-0.4, -0.2) is 153 Å². The topological polar surface area (TPSA) is 278 Å². The lowest BCUT2D eigenvalue weighted by Gasteiger charge is -2.65. The second kappa shape index (κ2) is 20.6. The zero-order valence-electron chi connectivity index (χ0n) is 42.2. The normalized spacial score (nSPS) is 46.8. The number of fused-ring (bicyclic) bond motifs is 5. The number of aliphatic hydroxyl groups excluding tert-OH is 5. The Morgan fingerprint density at radius 1 is 0.681 bits per heavy atom. The Hall–Kier alpha value is -3.44. The first-order valence-electron chi connectivity index (χ1n) is 26.3. The van der Waals surface area contributed by atoms with Crippen molar-refractivity contribution in [3.8, 4) is 0 Å². The molecule has 4 aliphatic carbocycles. The van der Waals surface area contributed by atoms with Crippen molar-refractivity contribution >= 4 is 23.8 Å². The van der Waals surface area contributed by atoms with Gasteiger partial charge in [0.1, 0.15) is 24.9 Å². The van der Waals surface area contributed by atoms with Gasteiger partial charge in [0.15, 0.2) is 24.3 Å². The summed E-state index contributed by atoms with van der Waals surface area (Å²) < 4.78 is 42.1. The van der Waals surface area contributed by atoms with Crippen molar-refractivity contribution in [3.63, 3.8) is 0 Å². The van der Waals surface area contributed by atoms with Crippen LogP contribution in [0.5, 0.6) is 0 Å². The number of esters is 1. The van der Waals surface area contributed by atoms with Crippen LogP contribution in [0.3, 0.4) is 0 Å². The monoisotopic (exact) mass is 1010 g/mol. The smallest absolute Gasteiger partial charge is 0.331 e. The van der Waals surface area contributed by atoms with Crippen molar-refractivity contribution in [2.24, 2.45) is 34.5 Å². The number of carbonyl (C=O) groups is 4. The van der Waals surface area contributed by atoms with Gasteiger partial charge in [-0.2, -0.15) is 0 Å². The number of urea groups is 1. The third-order valence-corrected chi connectivity index (χ3v) is 19.0. The second-order valence-corrected chi connectivity index (χ2v) is 22.7. The molecule has 10 rings (SSSR count). The van der Waals surface area contributed by atoms with Crippen LogP contribution in [-0.2, 0) is 53.0 Å². The van der Waals surface area contributed by atoms with Gasteiger partial charge in [0.25, 0.3) is 0 Å². The number of hydrogen-bond acceptors (Lipinski definition) is 17. The summed E-state index contributed by atoms with van der Waals surface area (Å²) >= 11 is 0. The lowest BCUT2D eigenvalue weighted by atomic mass is 9.42. The maximum Gasteiger partial charge on any atom is 0.331 e. The number of rotatable bonds is 9. The number of imide groups is 2. The van der Waals surface area contributed by atoms with Crippen LogP contribution in [0.1, 0.15) is 124 Å². The Morgan fingerprint density at radius 3 is 1.82 bits per heavy atom. The van der Waals surface area contributed by atoms with Gasteiger partial charge >= 0.3 is 12.0 Å². The predicted octanol–water partition coefficient (Wildman–Crippen LogP) is 2.92. The molecule has 1 aromatic rings. The van der Waals surface area contributed by atoms with E-state index in [2.05, 4.69) is 17.6 Å². The molecule has 9 aliphatic rings. The molecular weight excluding hydrogens is 937 g/mol. The fourth-order valence-electron chi connectivity index (χ4n) is 14.8. The zero-order chi connectivity index (χ0) is 51.7. The molecule has 4 saturated heterocycles. The van der Waals surface area contributed by atoms with E-state index in [4.69, 9.17) is 33.2 Å². The highest BCUT2D eigenvalue weighted by Gasteiger charge is 2.71. The first-order chi connectivity index (χ1) is 34.1. The van der Waals surface area contributed by atoms with Crippen molar-refractivity contribution in [2.45, 2.75) is 216 Å². The van der Waals surface area contributed by atoms with Gasteiger partial charge in [-0.15, -0.1) is 0 Å². The molecule has 0 aromatic heterocycles. The molecule has 8 fully saturated rings. The largest absolute Gasteiger partial charge is 0.458 e. The third kappa shape index (κ3) is 9.39. The van der Waals surface area contributed by atoms with Crippen molar-refractivity contribution in [2.75, 3.05) is 6.61 Å². The van der Waals surface area contributed by atoms with Crippen LogP contribution in [0.4, 0.5) is 4.79 Å². The maximum atomic E-state index is 12.6. The molecule has 4 amide bonds. The lowest BCUT2D eigenvalue weighted by Crippen LogP contribution is -2.67. The summed E-state index contributed by atoms with van der Waals surface area (Å²) in [5.74, 6) is -0.935. The van der Waals surface area contributed by atoms with E-state index in [9.17, 15) is 49.8 Å². The van der Waals surface area contributed by atoms with Crippen molar-refractivity contribution in [1.29, 1.82) is 0 Å². The molecular formula is C53H76N2O17. The SMILES string of the molecule is CCC1(c2ccccc2)C(=O)NC(=O)NC1=O.C[C@H]1O[C@@H](O[C@H]2[C@@H](O)C[C@H](O[C@H]3[C@@H](O)C[C@H](O[C@H]4CC[C@@]5(C)[C@H](CC[C@@H]6[C@@H]5C[C@@H](O)[C@]5(C)[C@@H](C7=CC(=O)OC7)CC[C@]65O)C4)O[C@@H]3C)O[C@@H]2C)C[C@H](O)[C@@H]1O. The van der Waals surface area contributed by atoms with Gasteiger partial charge in [0, 0.05) is 30.8 Å². The molecule has 400 valence electrons. The summed E-state index contributed by atoms with van der Waals surface area (Å²) in [7, 11) is 0. The maximum absolute atomic E-state index is 12.6. The summed E-state index contributed by atoms with van der Waals surface area (Å²) in [6.45, 7) is 11.6. The molecule has 0 unspecified atom stereocenters. The lowest BCUT2D eigenvalue weighted by molar-refractivity contribution is -0.336. The standard InChI is InChI=1S/C41H64O14.C12H12N2O3/c1-19-36(47)28(42)15-34(50-19)54-38-21(3)52-35(17-30(38)44)55-37-20(2)51-33(16-29(37)43)53-24-8-10-39(4)23(13-24)6-7-26-27(39)14-31(45)40(5)25(9-11-41(26,40)48)22-12-32(46)49-18-22;1-2-12(8-6-4-3-5-7-8)9(15)13-11(17)14-10(12)16/h12,19-21,23-31,33-38,42-45,47-48H,6-11,13-18H2,1-5H3;3-7H,2H2,1H3,(H2,13,14,15,16,17)/t19-,20-,21-,23-,24+,25-,26-,27+,28+,29+,30+,31-,33+,34+,35+,36-,37-,38-,39+,40+,41+;/m1./s1. The number of carbonyl (C=O) groups excluding carboxylic acids is 4. The number of nitrogens with one attached hydrogen (secondary N) is 2. The van der Waals surface area contributed by atoms with Crippen molar-refractivity contribution in [1.82, 2.24) is 10.6 Å². The molecule has 19 nitrogen and oxygen atoms in total. The Labute approximate surface area is 420 Å². The van der Waals surface area contributed by atoms with Gasteiger partial charge < -0.3 is 63.8 Å². The van der Waals surface area contributed by atoms with E-state index in [0.717, 1.165) is 44.1 Å². The van der Waals surface area contributed by atoms with E-state index in [0.29, 0.717) is 30.7 Å². The number of amides is 4. The minimum absolute atomic E-state index is 0.0452. The molecule has 5 aliphatic heterocycles. The molecule has 72 heavy (non-hydrogen) atoms. The first kappa shape index (κ1) is 53.4. The van der Waals surface area contributed by atoms with Crippen LogP contribution < -0.4 is 10.6 Å². The number of aliphatic hydroxyl groups is 6. The fraction of sp³-hybridized carbons (Fsp3) is 0.774. The number of barbiturate groups is 1. The van der Waals surface area contributed by atoms with E-state index < -0.39 is 114 Å². The van der Waals surface area contributed by atoms with Crippen LogP contribution in [0.15, 0.2) is 42.0 Å². The highest BCUT2D eigenvalue weighted by molar-refractivity contribution is 6.22. The van der Waals surface area contributed by atoms with Gasteiger partial charge in [-0.05, 0) is 119 Å². The van der Waals surface area contributed by atoms with E-state index >= 15 is 0 Å². The average Bonchev–Trinajstić information content (AvgIpc) is 3.88. The summed E-state index contributed by atoms with van der Waals surface area (Å²) in [5, 5.41) is 71.1. The molecule has 19 heteroatoms. The quantitative estimate of drug-likeness (QED) is 0.100. The second-order valence-electron chi connectivity index (χ2n) is 22.7. The molecule has 0 radical (unpaired) electrons. The Bertz CT molecular complexity index is 2140. The minimum atomic E-state index is -1.31. The Morgan fingerprint density at radius 2 is 1.26 bits per heavy atom. The van der Waals surface area contributed by atoms with Crippen LogP contribution >= 0.6 is 0 Å². The van der Waals surface area contributed by atoms with Gasteiger partial charge in [0.2, 0.25) is 11.8 Å². The van der Waals surface area contributed by atoms with Gasteiger partial charge in [0.05, 0.1) is 54.4 Å². The van der Waals surface area contributed by atoms with Crippen molar-refractivity contribution in [3.05, 3.63) is 47.5 Å². The molecule has 21 atom stereocenters. The van der Waals surface area contributed by atoms with Gasteiger partial charge in [-0.3, -0.25) is 20.2 Å². The molecule has 4 saturated carbocycles. The Balaban J connectivity index is 0.000000318. The summed E-state index contributed by atoms with van der Waals surface area (Å²) in [4.78, 5) is 47.0.